The fraction of sp³-hybridized carbons (Fsp3) is 0.188. The number of hydrogen-bond donors (Lipinski definition) is 0. The van der Waals surface area contributed by atoms with Crippen LogP contribution in [-0.2, 0) is 10.5 Å². The summed E-state index contributed by atoms with van der Waals surface area (Å²) in [4.78, 5) is 13.1. The van der Waals surface area contributed by atoms with Gasteiger partial charge in [-0.15, -0.1) is 0 Å². The van der Waals surface area contributed by atoms with Crippen molar-refractivity contribution in [1.29, 1.82) is 0 Å². The second kappa shape index (κ2) is 5.26. The van der Waals surface area contributed by atoms with Gasteiger partial charge >= 0.3 is 17.9 Å². The molecule has 0 aliphatic carbocycles. The van der Waals surface area contributed by atoms with Crippen molar-refractivity contribution >= 4 is 27.6 Å². The highest BCUT2D eigenvalue weighted by Gasteiger charge is 2.65. The summed E-state index contributed by atoms with van der Waals surface area (Å²) in [6.45, 7) is 0. The number of hydrogen-bond acceptors (Lipinski definition) is 3. The van der Waals surface area contributed by atoms with E-state index in [1.165, 1.54) is 43.4 Å². The lowest BCUT2D eigenvalue weighted by atomic mass is 9.96. The molecule has 0 saturated carbocycles. The molecule has 2 aromatic rings. The Morgan fingerprint density at radius 3 is 2.30 bits per heavy atom. The van der Waals surface area contributed by atoms with Crippen molar-refractivity contribution in [3.8, 4) is 0 Å². The van der Waals surface area contributed by atoms with Crippen LogP contribution in [0.5, 0.6) is 0 Å². The number of para-hydroxylation sites is 1. The van der Waals surface area contributed by atoms with Crippen molar-refractivity contribution in [3.05, 3.63) is 64.1 Å². The fourth-order valence-electron chi connectivity index (χ4n) is 2.71. The zero-order chi connectivity index (χ0) is 16.8. The molecule has 1 heterocycles. The summed E-state index contributed by atoms with van der Waals surface area (Å²) in [5, 5.41) is 0. The molecule has 0 radical (unpaired) electrons. The normalized spacial score (nSPS) is 20.9. The molecule has 2 aromatic carbocycles. The number of benzene rings is 2. The molecule has 0 saturated heterocycles. The maximum atomic E-state index is 14.0. The number of halogens is 4. The SMILES string of the molecule is CN1c2ccccc2C(=O)O[C@@]1(c1ccc(Br)cc1)C(F)(F)F. The molecule has 1 aliphatic heterocycles. The number of carbonyl (C=O) groups is 1. The minimum Gasteiger partial charge on any atom is -0.421 e. The molecular formula is C16H11BrF3NO2. The third-order valence-electron chi connectivity index (χ3n) is 3.82. The number of rotatable bonds is 1. The highest BCUT2D eigenvalue weighted by molar-refractivity contribution is 9.10. The van der Waals surface area contributed by atoms with E-state index in [1.807, 2.05) is 0 Å². The van der Waals surface area contributed by atoms with Crippen molar-refractivity contribution < 1.29 is 22.7 Å². The minimum atomic E-state index is -4.82. The highest BCUT2D eigenvalue weighted by Crippen LogP contribution is 2.50. The maximum Gasteiger partial charge on any atom is 0.453 e. The van der Waals surface area contributed by atoms with E-state index in [-0.39, 0.29) is 16.8 Å². The summed E-state index contributed by atoms with van der Waals surface area (Å²) in [6, 6.07) is 11.6. The topological polar surface area (TPSA) is 29.5 Å². The minimum absolute atomic E-state index is 0.104. The largest absolute Gasteiger partial charge is 0.453 e. The summed E-state index contributed by atoms with van der Waals surface area (Å²) in [5.41, 5.74) is -2.76. The number of carbonyl (C=O) groups excluding carboxylic acids is 1. The van der Waals surface area contributed by atoms with Crippen LogP contribution in [0.15, 0.2) is 53.0 Å². The molecule has 0 fully saturated rings. The van der Waals surface area contributed by atoms with E-state index in [4.69, 9.17) is 4.74 Å². The van der Waals surface area contributed by atoms with Crippen LogP contribution >= 0.6 is 15.9 Å². The van der Waals surface area contributed by atoms with Gasteiger partial charge in [-0.3, -0.25) is 0 Å². The Morgan fingerprint density at radius 2 is 1.70 bits per heavy atom. The van der Waals surface area contributed by atoms with E-state index in [9.17, 15) is 18.0 Å². The number of fused-ring (bicyclic) bond motifs is 1. The Labute approximate surface area is 138 Å². The van der Waals surface area contributed by atoms with Gasteiger partial charge in [-0.05, 0) is 24.3 Å². The number of cyclic esters (lactones) is 1. The van der Waals surface area contributed by atoms with Crippen molar-refractivity contribution in [3.63, 3.8) is 0 Å². The van der Waals surface area contributed by atoms with Gasteiger partial charge in [0.15, 0.2) is 0 Å². The van der Waals surface area contributed by atoms with E-state index in [0.717, 1.165) is 4.90 Å². The molecule has 23 heavy (non-hydrogen) atoms. The standard InChI is InChI=1S/C16H11BrF3NO2/c1-21-13-5-3-2-4-12(13)14(22)23-15(21,16(18,19)20)10-6-8-11(17)9-7-10/h2-9H,1H3/t15-/m0/s1. The van der Waals surface area contributed by atoms with Crippen LogP contribution in [0.1, 0.15) is 15.9 Å². The first-order valence-corrected chi connectivity index (χ1v) is 7.45. The van der Waals surface area contributed by atoms with Crippen LogP contribution in [0.4, 0.5) is 18.9 Å². The molecule has 120 valence electrons. The zero-order valence-corrected chi connectivity index (χ0v) is 13.5. The van der Waals surface area contributed by atoms with E-state index < -0.39 is 17.9 Å². The molecule has 3 nitrogen and oxygen atoms in total. The third kappa shape index (κ3) is 2.30. The Kier molecular flexibility index (Phi) is 3.63. The van der Waals surface area contributed by atoms with E-state index in [0.29, 0.717) is 4.47 Å². The predicted octanol–water partition coefficient (Wildman–Crippen LogP) is 4.47. The molecule has 0 aromatic heterocycles. The van der Waals surface area contributed by atoms with Gasteiger partial charge in [-0.1, -0.05) is 40.2 Å². The van der Waals surface area contributed by atoms with Gasteiger partial charge in [-0.25, -0.2) is 4.79 Å². The average molecular weight is 386 g/mol. The first kappa shape index (κ1) is 15.9. The summed E-state index contributed by atoms with van der Waals surface area (Å²) in [6.07, 6.45) is -4.82. The maximum absolute atomic E-state index is 14.0. The van der Waals surface area contributed by atoms with Crippen molar-refractivity contribution in [2.45, 2.75) is 11.9 Å². The molecule has 1 atom stereocenters. The Morgan fingerprint density at radius 1 is 1.09 bits per heavy atom. The first-order chi connectivity index (χ1) is 10.8. The van der Waals surface area contributed by atoms with E-state index in [2.05, 4.69) is 15.9 Å². The lowest BCUT2D eigenvalue weighted by Gasteiger charge is -2.46. The van der Waals surface area contributed by atoms with Crippen LogP contribution < -0.4 is 4.90 Å². The molecule has 0 bridgehead atoms. The summed E-state index contributed by atoms with van der Waals surface area (Å²) >= 11 is 3.19. The van der Waals surface area contributed by atoms with Crippen LogP contribution in [0.2, 0.25) is 0 Å². The van der Waals surface area contributed by atoms with E-state index >= 15 is 0 Å². The Hall–Kier alpha value is -2.02. The second-order valence-corrected chi connectivity index (χ2v) is 6.03. The van der Waals surface area contributed by atoms with Gasteiger partial charge in [0, 0.05) is 17.1 Å². The molecule has 3 rings (SSSR count). The second-order valence-electron chi connectivity index (χ2n) is 5.11. The molecular weight excluding hydrogens is 375 g/mol. The quantitative estimate of drug-likeness (QED) is 0.678. The number of esters is 1. The Bertz CT molecular complexity index is 761. The summed E-state index contributed by atoms with van der Waals surface area (Å²) in [5.74, 6) is -1.00. The average Bonchev–Trinajstić information content (AvgIpc) is 2.51. The molecule has 1 aliphatic rings. The predicted molar refractivity (Wildman–Crippen MR) is 82.1 cm³/mol. The van der Waals surface area contributed by atoms with E-state index in [1.54, 1.807) is 12.1 Å². The number of nitrogens with zero attached hydrogens (tertiary/aromatic N) is 1. The smallest absolute Gasteiger partial charge is 0.421 e. The molecule has 0 spiro atoms. The lowest BCUT2D eigenvalue weighted by Crippen LogP contribution is -2.60. The van der Waals surface area contributed by atoms with Gasteiger partial charge in [-0.2, -0.15) is 13.2 Å². The fourth-order valence-corrected chi connectivity index (χ4v) is 2.97. The number of ether oxygens (including phenoxy) is 1. The van der Waals surface area contributed by atoms with Crippen LogP contribution in [0.3, 0.4) is 0 Å². The van der Waals surface area contributed by atoms with Crippen LogP contribution in [0.25, 0.3) is 0 Å². The zero-order valence-electron chi connectivity index (χ0n) is 11.9. The van der Waals surface area contributed by atoms with Crippen LogP contribution in [-0.4, -0.2) is 19.2 Å². The monoisotopic (exact) mass is 385 g/mol. The lowest BCUT2D eigenvalue weighted by molar-refractivity contribution is -0.265. The third-order valence-corrected chi connectivity index (χ3v) is 4.35. The van der Waals surface area contributed by atoms with Crippen LogP contribution in [0, 0.1) is 0 Å². The van der Waals surface area contributed by atoms with Crippen molar-refractivity contribution in [2.75, 3.05) is 11.9 Å². The van der Waals surface area contributed by atoms with Crippen molar-refractivity contribution in [1.82, 2.24) is 0 Å². The van der Waals surface area contributed by atoms with Crippen molar-refractivity contribution in [2.24, 2.45) is 0 Å². The highest BCUT2D eigenvalue weighted by atomic mass is 79.9. The number of anilines is 1. The molecule has 0 unspecified atom stereocenters. The summed E-state index contributed by atoms with van der Waals surface area (Å²) < 4.78 is 47.5. The molecule has 0 N–H and O–H groups in total. The van der Waals surface area contributed by atoms with Gasteiger partial charge < -0.3 is 9.64 Å². The molecule has 7 heteroatoms. The van der Waals surface area contributed by atoms with Gasteiger partial charge in [0.05, 0.1) is 11.3 Å². The number of alkyl halides is 3. The van der Waals surface area contributed by atoms with Gasteiger partial charge in [0.2, 0.25) is 0 Å². The molecule has 0 amide bonds. The summed E-state index contributed by atoms with van der Waals surface area (Å²) in [7, 11) is 1.26. The Balaban J connectivity index is 2.26. The first-order valence-electron chi connectivity index (χ1n) is 6.66. The van der Waals surface area contributed by atoms with Gasteiger partial charge in [0.1, 0.15) is 0 Å². The van der Waals surface area contributed by atoms with Gasteiger partial charge in [0.25, 0.3) is 0 Å².